The van der Waals surface area contributed by atoms with E-state index in [0.29, 0.717) is 22.4 Å². The standard InChI is InChI=1S/C18H15F3N2O3/c1-26-13-6-7-15-14(8-13)22-17(18(19,20)21)23(15)9-11-2-4-12(5-3-11)16(25)10-24/h2-8,24H,9-10H2,1H3. The molecule has 0 radical (unpaired) electrons. The van der Waals surface area contributed by atoms with E-state index in [-0.39, 0.29) is 12.1 Å². The topological polar surface area (TPSA) is 64.4 Å². The van der Waals surface area contributed by atoms with Crippen LogP contribution in [0.25, 0.3) is 11.0 Å². The Hall–Kier alpha value is -2.87. The predicted molar refractivity (Wildman–Crippen MR) is 88.2 cm³/mol. The van der Waals surface area contributed by atoms with Crippen LogP contribution in [0.15, 0.2) is 42.5 Å². The van der Waals surface area contributed by atoms with E-state index in [1.165, 1.54) is 31.4 Å². The highest BCUT2D eigenvalue weighted by atomic mass is 19.4. The molecule has 3 aromatic rings. The fraction of sp³-hybridized carbons (Fsp3) is 0.222. The maximum absolute atomic E-state index is 13.4. The number of hydrogen-bond acceptors (Lipinski definition) is 4. The molecule has 0 saturated heterocycles. The summed E-state index contributed by atoms with van der Waals surface area (Å²) >= 11 is 0. The number of aliphatic hydroxyl groups is 1. The van der Waals surface area contributed by atoms with Crippen molar-refractivity contribution >= 4 is 16.8 Å². The first kappa shape index (κ1) is 17.9. The number of carbonyl (C=O) groups is 1. The number of aliphatic hydroxyl groups excluding tert-OH is 1. The lowest BCUT2D eigenvalue weighted by Gasteiger charge is -2.12. The van der Waals surface area contributed by atoms with Crippen molar-refractivity contribution in [2.45, 2.75) is 12.7 Å². The van der Waals surface area contributed by atoms with Crippen LogP contribution in [0.4, 0.5) is 13.2 Å². The number of imidazole rings is 1. The van der Waals surface area contributed by atoms with Gasteiger partial charge in [-0.2, -0.15) is 13.2 Å². The van der Waals surface area contributed by atoms with Crippen molar-refractivity contribution in [3.8, 4) is 5.75 Å². The minimum Gasteiger partial charge on any atom is -0.497 e. The van der Waals surface area contributed by atoms with Gasteiger partial charge in [0.1, 0.15) is 12.4 Å². The maximum Gasteiger partial charge on any atom is 0.449 e. The van der Waals surface area contributed by atoms with Crippen LogP contribution in [0.2, 0.25) is 0 Å². The zero-order valence-electron chi connectivity index (χ0n) is 13.7. The maximum atomic E-state index is 13.4. The summed E-state index contributed by atoms with van der Waals surface area (Å²) in [6.07, 6.45) is -4.61. The van der Waals surface area contributed by atoms with Gasteiger partial charge in [0.05, 0.1) is 18.1 Å². The summed E-state index contributed by atoms with van der Waals surface area (Å²) in [5.74, 6) is -1.04. The minimum absolute atomic E-state index is 0.0642. The molecule has 3 rings (SSSR count). The zero-order valence-corrected chi connectivity index (χ0v) is 13.7. The van der Waals surface area contributed by atoms with Crippen LogP contribution >= 0.6 is 0 Å². The number of halogens is 3. The Morgan fingerprint density at radius 3 is 2.46 bits per heavy atom. The van der Waals surface area contributed by atoms with Crippen molar-refractivity contribution in [1.82, 2.24) is 9.55 Å². The number of nitrogens with zero attached hydrogens (tertiary/aromatic N) is 2. The number of Topliss-reactive ketones (excluding diaryl/α,β-unsaturated/α-hetero) is 1. The molecule has 136 valence electrons. The number of benzene rings is 2. The second-order valence-corrected chi connectivity index (χ2v) is 5.65. The molecule has 0 unspecified atom stereocenters. The zero-order chi connectivity index (χ0) is 18.9. The van der Waals surface area contributed by atoms with Gasteiger partial charge in [0.25, 0.3) is 0 Å². The molecule has 8 heteroatoms. The van der Waals surface area contributed by atoms with Crippen molar-refractivity contribution in [2.24, 2.45) is 0 Å². The van der Waals surface area contributed by atoms with E-state index in [1.54, 1.807) is 18.2 Å². The van der Waals surface area contributed by atoms with E-state index >= 15 is 0 Å². The number of carbonyl (C=O) groups excluding carboxylic acids is 1. The van der Waals surface area contributed by atoms with Crippen LogP contribution in [0.1, 0.15) is 21.7 Å². The first-order valence-corrected chi connectivity index (χ1v) is 7.68. The van der Waals surface area contributed by atoms with Crippen LogP contribution in [-0.4, -0.2) is 34.2 Å². The van der Waals surface area contributed by atoms with E-state index in [0.717, 1.165) is 4.57 Å². The van der Waals surface area contributed by atoms with Crippen LogP contribution in [0.3, 0.4) is 0 Å². The summed E-state index contributed by atoms with van der Waals surface area (Å²) in [6.45, 7) is -0.684. The molecule has 0 fully saturated rings. The Labute approximate surface area is 146 Å². The Bertz CT molecular complexity index is 947. The fourth-order valence-corrected chi connectivity index (χ4v) is 2.68. The van der Waals surface area contributed by atoms with Gasteiger partial charge in [-0.05, 0) is 17.7 Å². The van der Waals surface area contributed by atoms with E-state index in [2.05, 4.69) is 4.98 Å². The van der Waals surface area contributed by atoms with Crippen molar-refractivity contribution in [3.05, 3.63) is 59.4 Å². The molecule has 0 aliphatic rings. The normalized spacial score (nSPS) is 11.7. The predicted octanol–water partition coefficient (Wildman–Crippen LogP) is 3.29. The lowest BCUT2D eigenvalue weighted by atomic mass is 10.1. The summed E-state index contributed by atoms with van der Waals surface area (Å²) in [6, 6.07) is 10.6. The number of hydrogen-bond donors (Lipinski definition) is 1. The van der Waals surface area contributed by atoms with Crippen LogP contribution in [0, 0.1) is 0 Å². The molecule has 1 aromatic heterocycles. The Morgan fingerprint density at radius 2 is 1.88 bits per heavy atom. The van der Waals surface area contributed by atoms with Crippen LogP contribution in [0.5, 0.6) is 5.75 Å². The molecule has 0 amide bonds. The highest BCUT2D eigenvalue weighted by Gasteiger charge is 2.37. The van der Waals surface area contributed by atoms with Crippen molar-refractivity contribution < 1.29 is 27.8 Å². The molecule has 1 heterocycles. The highest BCUT2D eigenvalue weighted by molar-refractivity contribution is 5.96. The number of rotatable bonds is 5. The summed E-state index contributed by atoms with van der Waals surface area (Å²) in [5.41, 5.74) is 1.38. The Balaban J connectivity index is 2.04. The van der Waals surface area contributed by atoms with E-state index in [9.17, 15) is 18.0 Å². The van der Waals surface area contributed by atoms with Crippen molar-refractivity contribution in [1.29, 1.82) is 0 Å². The van der Waals surface area contributed by atoms with Gasteiger partial charge in [0.2, 0.25) is 5.82 Å². The van der Waals surface area contributed by atoms with Gasteiger partial charge in [-0.1, -0.05) is 24.3 Å². The highest BCUT2D eigenvalue weighted by Crippen LogP contribution is 2.33. The van der Waals surface area contributed by atoms with Crippen molar-refractivity contribution in [2.75, 3.05) is 13.7 Å². The van der Waals surface area contributed by atoms with Gasteiger partial charge >= 0.3 is 6.18 Å². The molecule has 0 spiro atoms. The smallest absolute Gasteiger partial charge is 0.449 e. The number of methoxy groups -OCH3 is 1. The van der Waals surface area contributed by atoms with Gasteiger partial charge in [0, 0.05) is 18.2 Å². The third-order valence-corrected chi connectivity index (χ3v) is 3.97. The summed E-state index contributed by atoms with van der Waals surface area (Å²) in [5, 5.41) is 8.85. The largest absolute Gasteiger partial charge is 0.497 e. The minimum atomic E-state index is -4.61. The average molecular weight is 364 g/mol. The number of fused-ring (bicyclic) bond motifs is 1. The summed E-state index contributed by atoms with van der Waals surface area (Å²) in [4.78, 5) is 15.2. The fourth-order valence-electron chi connectivity index (χ4n) is 2.68. The Kier molecular flexibility index (Phi) is 4.69. The third kappa shape index (κ3) is 3.41. The second-order valence-electron chi connectivity index (χ2n) is 5.65. The lowest BCUT2D eigenvalue weighted by molar-refractivity contribution is -0.146. The number of ether oxygens (including phenoxy) is 1. The second kappa shape index (κ2) is 6.80. The van der Waals surface area contributed by atoms with Gasteiger partial charge < -0.3 is 14.4 Å². The summed E-state index contributed by atoms with van der Waals surface area (Å²) in [7, 11) is 1.43. The van der Waals surface area contributed by atoms with Crippen LogP contribution in [-0.2, 0) is 12.7 Å². The van der Waals surface area contributed by atoms with Gasteiger partial charge in [-0.25, -0.2) is 4.98 Å². The quantitative estimate of drug-likeness (QED) is 0.706. The molecule has 1 N–H and O–H groups in total. The number of alkyl halides is 3. The molecular formula is C18H15F3N2O3. The number of aromatic nitrogens is 2. The molecule has 2 aromatic carbocycles. The van der Waals surface area contributed by atoms with E-state index in [4.69, 9.17) is 9.84 Å². The molecule has 0 aliphatic heterocycles. The molecule has 5 nitrogen and oxygen atoms in total. The average Bonchev–Trinajstić information content (AvgIpc) is 2.99. The summed E-state index contributed by atoms with van der Waals surface area (Å²) < 4.78 is 46.3. The first-order valence-electron chi connectivity index (χ1n) is 7.68. The number of ketones is 1. The van der Waals surface area contributed by atoms with E-state index < -0.39 is 24.4 Å². The molecule has 0 bridgehead atoms. The van der Waals surface area contributed by atoms with Gasteiger partial charge in [-0.15, -0.1) is 0 Å². The SMILES string of the molecule is COc1ccc2c(c1)nc(C(F)(F)F)n2Cc1ccc(C(=O)CO)cc1. The Morgan fingerprint density at radius 1 is 1.19 bits per heavy atom. The van der Waals surface area contributed by atoms with Crippen molar-refractivity contribution in [3.63, 3.8) is 0 Å². The molecular weight excluding hydrogens is 349 g/mol. The first-order chi connectivity index (χ1) is 12.3. The monoisotopic (exact) mass is 364 g/mol. The van der Waals surface area contributed by atoms with E-state index in [1.807, 2.05) is 0 Å². The molecule has 0 saturated carbocycles. The molecule has 26 heavy (non-hydrogen) atoms. The molecule has 0 atom stereocenters. The molecule has 0 aliphatic carbocycles. The van der Waals surface area contributed by atoms with Gasteiger partial charge in [0.15, 0.2) is 5.78 Å². The lowest BCUT2D eigenvalue weighted by Crippen LogP contribution is -2.15. The van der Waals surface area contributed by atoms with Crippen LogP contribution < -0.4 is 4.74 Å². The third-order valence-electron chi connectivity index (χ3n) is 3.97. The van der Waals surface area contributed by atoms with Gasteiger partial charge in [-0.3, -0.25) is 4.79 Å².